The number of carbonyl (C=O) groups excluding carboxylic acids is 1. The second-order valence-corrected chi connectivity index (χ2v) is 6.00. The molecule has 0 heterocycles. The molecule has 1 rings (SSSR count). The number of anilines is 1. The van der Waals surface area contributed by atoms with Gasteiger partial charge in [-0.3, -0.25) is 4.79 Å². The van der Waals surface area contributed by atoms with E-state index >= 15 is 0 Å². The molecule has 0 saturated heterocycles. The molecule has 0 aliphatic carbocycles. The molecule has 1 amide bonds. The van der Waals surface area contributed by atoms with Gasteiger partial charge in [0.2, 0.25) is 5.91 Å². The number of nitrogens with zero attached hydrogens (tertiary/aromatic N) is 1. The maximum Gasteiger partial charge on any atom is 0.442 e. The zero-order chi connectivity index (χ0) is 15.3. The first-order chi connectivity index (χ1) is 9.19. The van der Waals surface area contributed by atoms with Crippen LogP contribution in [0.4, 0.5) is 18.9 Å². The molecular weight excluding hydrogens is 289 g/mol. The molecule has 0 spiro atoms. The molecule has 20 heavy (non-hydrogen) atoms. The number of amides is 1. The van der Waals surface area contributed by atoms with Crippen molar-refractivity contribution < 1.29 is 18.0 Å². The number of para-hydroxylation sites is 1. The third-order valence-corrected chi connectivity index (χ3v) is 3.28. The molecule has 1 atom stereocenters. The molecular formula is C13H17F3N2OS. The Kier molecular flexibility index (Phi) is 5.88. The molecule has 1 N–H and O–H groups in total. The number of hydrogen-bond acceptors (Lipinski definition) is 3. The van der Waals surface area contributed by atoms with Crippen LogP contribution >= 0.6 is 11.8 Å². The Morgan fingerprint density at radius 1 is 1.35 bits per heavy atom. The maximum absolute atomic E-state index is 12.2. The van der Waals surface area contributed by atoms with Crippen molar-refractivity contribution in [2.45, 2.75) is 24.2 Å². The average Bonchev–Trinajstić information content (AvgIpc) is 2.28. The fourth-order valence-corrected chi connectivity index (χ4v) is 2.18. The Morgan fingerprint density at radius 3 is 2.50 bits per heavy atom. The van der Waals surface area contributed by atoms with Gasteiger partial charge in [-0.1, -0.05) is 18.2 Å². The Labute approximate surface area is 120 Å². The van der Waals surface area contributed by atoms with E-state index in [2.05, 4.69) is 5.32 Å². The fourth-order valence-electron chi connectivity index (χ4n) is 1.61. The highest BCUT2D eigenvalue weighted by atomic mass is 32.2. The van der Waals surface area contributed by atoms with Crippen LogP contribution in [-0.2, 0) is 11.3 Å². The van der Waals surface area contributed by atoms with Gasteiger partial charge in [0.25, 0.3) is 0 Å². The maximum atomic E-state index is 12.2. The van der Waals surface area contributed by atoms with Crippen molar-refractivity contribution in [1.29, 1.82) is 0 Å². The first-order valence-corrected chi connectivity index (χ1v) is 6.85. The van der Waals surface area contributed by atoms with Crippen LogP contribution in [-0.4, -0.2) is 35.7 Å². The van der Waals surface area contributed by atoms with Crippen molar-refractivity contribution in [1.82, 2.24) is 4.90 Å². The summed E-state index contributed by atoms with van der Waals surface area (Å²) in [7, 11) is 3.75. The largest absolute Gasteiger partial charge is 0.442 e. The van der Waals surface area contributed by atoms with Crippen molar-refractivity contribution in [2.24, 2.45) is 0 Å². The molecule has 7 heteroatoms. The van der Waals surface area contributed by atoms with E-state index in [1.54, 1.807) is 12.1 Å². The predicted octanol–water partition coefficient (Wildman–Crippen LogP) is 3.33. The van der Waals surface area contributed by atoms with E-state index in [0.29, 0.717) is 12.2 Å². The molecule has 1 aromatic carbocycles. The number of benzene rings is 1. The van der Waals surface area contributed by atoms with Crippen molar-refractivity contribution in [3.8, 4) is 0 Å². The van der Waals surface area contributed by atoms with Crippen molar-refractivity contribution in [3.05, 3.63) is 29.8 Å². The molecule has 0 unspecified atom stereocenters. The number of hydrogen-bond donors (Lipinski definition) is 1. The summed E-state index contributed by atoms with van der Waals surface area (Å²) < 4.78 is 36.7. The SMILES string of the molecule is C[C@@H](SC(F)(F)F)C(=O)Nc1ccccc1CN(C)C. The summed E-state index contributed by atoms with van der Waals surface area (Å²) in [5.74, 6) is -0.654. The van der Waals surface area contributed by atoms with Gasteiger partial charge in [0, 0.05) is 12.2 Å². The van der Waals surface area contributed by atoms with Gasteiger partial charge in [-0.2, -0.15) is 13.2 Å². The van der Waals surface area contributed by atoms with Crippen LogP contribution in [0.3, 0.4) is 0 Å². The highest BCUT2D eigenvalue weighted by molar-refractivity contribution is 8.01. The summed E-state index contributed by atoms with van der Waals surface area (Å²) in [5, 5.41) is 1.36. The average molecular weight is 306 g/mol. The number of thioether (sulfide) groups is 1. The molecule has 0 fully saturated rings. The van der Waals surface area contributed by atoms with Gasteiger partial charge in [0.1, 0.15) is 0 Å². The zero-order valence-electron chi connectivity index (χ0n) is 11.5. The van der Waals surface area contributed by atoms with Gasteiger partial charge >= 0.3 is 5.51 Å². The smallest absolute Gasteiger partial charge is 0.325 e. The Balaban J connectivity index is 2.75. The normalized spacial score (nSPS) is 13.3. The quantitative estimate of drug-likeness (QED) is 0.905. The third kappa shape index (κ3) is 5.83. The Morgan fingerprint density at radius 2 is 1.95 bits per heavy atom. The summed E-state index contributed by atoms with van der Waals surface area (Å²) in [5.41, 5.74) is -3.02. The minimum absolute atomic E-state index is 0.319. The summed E-state index contributed by atoms with van der Waals surface area (Å²) in [6, 6.07) is 7.07. The summed E-state index contributed by atoms with van der Waals surface area (Å²) in [6.07, 6.45) is 0. The number of nitrogens with one attached hydrogen (secondary N) is 1. The van der Waals surface area contributed by atoms with E-state index in [9.17, 15) is 18.0 Å². The van der Waals surface area contributed by atoms with Gasteiger partial charge in [0.05, 0.1) is 5.25 Å². The number of carbonyl (C=O) groups is 1. The van der Waals surface area contributed by atoms with E-state index in [1.807, 2.05) is 31.1 Å². The van der Waals surface area contributed by atoms with Crippen molar-refractivity contribution in [3.63, 3.8) is 0 Å². The Bertz CT molecular complexity index is 463. The van der Waals surface area contributed by atoms with Crippen LogP contribution in [0.1, 0.15) is 12.5 Å². The summed E-state index contributed by atoms with van der Waals surface area (Å²) >= 11 is -0.319. The topological polar surface area (TPSA) is 32.3 Å². The molecule has 112 valence electrons. The lowest BCUT2D eigenvalue weighted by atomic mass is 10.1. The van der Waals surface area contributed by atoms with E-state index in [1.165, 1.54) is 6.92 Å². The van der Waals surface area contributed by atoms with Gasteiger partial charge < -0.3 is 10.2 Å². The van der Waals surface area contributed by atoms with Crippen LogP contribution in [0.15, 0.2) is 24.3 Å². The van der Waals surface area contributed by atoms with E-state index in [0.717, 1.165) is 5.56 Å². The minimum Gasteiger partial charge on any atom is -0.325 e. The second kappa shape index (κ2) is 6.99. The van der Waals surface area contributed by atoms with Crippen LogP contribution < -0.4 is 5.32 Å². The zero-order valence-corrected chi connectivity index (χ0v) is 12.3. The van der Waals surface area contributed by atoms with Crippen LogP contribution in [0.25, 0.3) is 0 Å². The second-order valence-electron chi connectivity index (χ2n) is 4.59. The molecule has 0 aliphatic rings. The van der Waals surface area contributed by atoms with Crippen molar-refractivity contribution >= 4 is 23.4 Å². The molecule has 0 aromatic heterocycles. The summed E-state index contributed by atoms with van der Waals surface area (Å²) in [4.78, 5) is 13.7. The molecule has 0 saturated carbocycles. The molecule has 0 radical (unpaired) electrons. The third-order valence-electron chi connectivity index (χ3n) is 2.44. The van der Waals surface area contributed by atoms with Gasteiger partial charge in [-0.15, -0.1) is 0 Å². The lowest BCUT2D eigenvalue weighted by Gasteiger charge is -2.17. The molecule has 0 bridgehead atoms. The van der Waals surface area contributed by atoms with Gasteiger partial charge in [0.15, 0.2) is 0 Å². The molecule has 1 aromatic rings. The lowest BCUT2D eigenvalue weighted by molar-refractivity contribution is -0.115. The summed E-state index contributed by atoms with van der Waals surface area (Å²) in [6.45, 7) is 1.83. The minimum atomic E-state index is -4.42. The molecule has 0 aliphatic heterocycles. The standard InChI is InChI=1S/C13H17F3N2OS/c1-9(20-13(14,15)16)12(19)17-11-7-5-4-6-10(11)8-18(2)3/h4-7,9H,8H2,1-3H3,(H,17,19)/t9-/m1/s1. The number of alkyl halides is 3. The van der Waals surface area contributed by atoms with E-state index in [-0.39, 0.29) is 11.8 Å². The highest BCUT2D eigenvalue weighted by Gasteiger charge is 2.34. The fraction of sp³-hybridized carbons (Fsp3) is 0.462. The predicted molar refractivity (Wildman–Crippen MR) is 75.6 cm³/mol. The van der Waals surface area contributed by atoms with E-state index in [4.69, 9.17) is 0 Å². The lowest BCUT2D eigenvalue weighted by Crippen LogP contribution is -2.26. The van der Waals surface area contributed by atoms with Crippen LogP contribution in [0.2, 0.25) is 0 Å². The monoisotopic (exact) mass is 306 g/mol. The van der Waals surface area contributed by atoms with Gasteiger partial charge in [-0.05, 0) is 44.4 Å². The van der Waals surface area contributed by atoms with Crippen LogP contribution in [0.5, 0.6) is 0 Å². The number of halogens is 3. The van der Waals surface area contributed by atoms with Crippen LogP contribution in [0, 0.1) is 0 Å². The first kappa shape index (κ1) is 16.8. The highest BCUT2D eigenvalue weighted by Crippen LogP contribution is 2.34. The first-order valence-electron chi connectivity index (χ1n) is 5.97. The van der Waals surface area contributed by atoms with Crippen molar-refractivity contribution in [2.75, 3.05) is 19.4 Å². The number of rotatable bonds is 5. The molecule has 3 nitrogen and oxygen atoms in total. The van der Waals surface area contributed by atoms with Gasteiger partial charge in [-0.25, -0.2) is 0 Å². The Hall–Kier alpha value is -1.21. The van der Waals surface area contributed by atoms with E-state index < -0.39 is 16.7 Å².